The number of ether oxygens (including phenoxy) is 2. The second kappa shape index (κ2) is 6.57. The Bertz CT molecular complexity index is 584. The minimum Gasteiger partial charge on any atom is -0.494 e. The molecule has 0 atom stereocenters. The molecule has 4 heteroatoms. The van der Waals surface area contributed by atoms with Gasteiger partial charge < -0.3 is 9.47 Å². The Balaban J connectivity index is 2.32. The van der Waals surface area contributed by atoms with E-state index in [-0.39, 0.29) is 5.97 Å². The normalized spacial score (nSPS) is 10.3. The van der Waals surface area contributed by atoms with Crippen molar-refractivity contribution in [3.05, 3.63) is 40.1 Å². The SMILES string of the molecule is CCCOc1ccc(-c2c(C)csc2C(=O)OC)cc1. The van der Waals surface area contributed by atoms with Gasteiger partial charge in [-0.1, -0.05) is 19.1 Å². The molecule has 0 radical (unpaired) electrons. The Morgan fingerprint density at radius 2 is 1.95 bits per heavy atom. The fourth-order valence-electron chi connectivity index (χ4n) is 1.98. The molecule has 0 N–H and O–H groups in total. The van der Waals surface area contributed by atoms with Gasteiger partial charge in [-0.15, -0.1) is 11.3 Å². The largest absolute Gasteiger partial charge is 0.494 e. The highest BCUT2D eigenvalue weighted by Gasteiger charge is 2.17. The molecule has 0 aliphatic rings. The van der Waals surface area contributed by atoms with E-state index in [2.05, 4.69) is 6.92 Å². The van der Waals surface area contributed by atoms with Crippen molar-refractivity contribution in [1.82, 2.24) is 0 Å². The first-order valence-corrected chi connectivity index (χ1v) is 7.45. The molecule has 3 nitrogen and oxygen atoms in total. The van der Waals surface area contributed by atoms with E-state index < -0.39 is 0 Å². The van der Waals surface area contributed by atoms with Crippen LogP contribution in [0.2, 0.25) is 0 Å². The number of aryl methyl sites for hydroxylation is 1. The van der Waals surface area contributed by atoms with Gasteiger partial charge in [-0.25, -0.2) is 4.79 Å². The summed E-state index contributed by atoms with van der Waals surface area (Å²) in [6.45, 7) is 4.79. The molecule has 0 spiro atoms. The Hall–Kier alpha value is -1.81. The van der Waals surface area contributed by atoms with E-state index >= 15 is 0 Å². The van der Waals surface area contributed by atoms with Gasteiger partial charge in [0.1, 0.15) is 10.6 Å². The molecule has 0 aliphatic carbocycles. The number of thiophene rings is 1. The zero-order valence-electron chi connectivity index (χ0n) is 11.9. The molecule has 0 amide bonds. The van der Waals surface area contributed by atoms with Crippen molar-refractivity contribution in [2.45, 2.75) is 20.3 Å². The van der Waals surface area contributed by atoms with E-state index in [1.165, 1.54) is 18.4 Å². The van der Waals surface area contributed by atoms with Crippen LogP contribution in [0.5, 0.6) is 5.75 Å². The van der Waals surface area contributed by atoms with Crippen LogP contribution in [-0.4, -0.2) is 19.7 Å². The van der Waals surface area contributed by atoms with Gasteiger partial charge in [-0.3, -0.25) is 0 Å². The van der Waals surface area contributed by atoms with Crippen LogP contribution < -0.4 is 4.74 Å². The number of methoxy groups -OCH3 is 1. The molecule has 1 heterocycles. The Kier molecular flexibility index (Phi) is 4.79. The van der Waals surface area contributed by atoms with Gasteiger partial charge >= 0.3 is 5.97 Å². The number of hydrogen-bond donors (Lipinski definition) is 0. The quantitative estimate of drug-likeness (QED) is 0.770. The summed E-state index contributed by atoms with van der Waals surface area (Å²) >= 11 is 1.42. The molecule has 106 valence electrons. The number of carbonyl (C=O) groups excluding carboxylic acids is 1. The van der Waals surface area contributed by atoms with Gasteiger partial charge in [0.15, 0.2) is 0 Å². The number of carbonyl (C=O) groups is 1. The molecule has 1 aromatic carbocycles. The highest BCUT2D eigenvalue weighted by atomic mass is 32.1. The molecule has 0 bridgehead atoms. The minimum atomic E-state index is -0.288. The van der Waals surface area contributed by atoms with Crippen LogP contribution >= 0.6 is 11.3 Å². The predicted molar refractivity (Wildman–Crippen MR) is 81.6 cm³/mol. The maximum absolute atomic E-state index is 11.8. The zero-order valence-corrected chi connectivity index (χ0v) is 12.8. The van der Waals surface area contributed by atoms with Crippen LogP contribution in [0.15, 0.2) is 29.6 Å². The first-order valence-electron chi connectivity index (χ1n) is 6.57. The Morgan fingerprint density at radius 3 is 2.55 bits per heavy atom. The van der Waals surface area contributed by atoms with Gasteiger partial charge in [-0.2, -0.15) is 0 Å². The summed E-state index contributed by atoms with van der Waals surface area (Å²) in [5, 5.41) is 1.98. The molecule has 0 unspecified atom stereocenters. The van der Waals surface area contributed by atoms with E-state index in [4.69, 9.17) is 9.47 Å². The third kappa shape index (κ3) is 3.02. The van der Waals surface area contributed by atoms with Gasteiger partial charge in [0.25, 0.3) is 0 Å². The predicted octanol–water partition coefficient (Wildman–Crippen LogP) is 4.30. The van der Waals surface area contributed by atoms with Crippen LogP contribution in [-0.2, 0) is 4.74 Å². The summed E-state index contributed by atoms with van der Waals surface area (Å²) in [6.07, 6.45) is 0.984. The van der Waals surface area contributed by atoms with Gasteiger partial charge in [-0.05, 0) is 42.0 Å². The number of rotatable bonds is 5. The summed E-state index contributed by atoms with van der Waals surface area (Å²) in [5.41, 5.74) is 3.04. The third-order valence-corrected chi connectivity index (χ3v) is 4.04. The first kappa shape index (κ1) is 14.6. The van der Waals surface area contributed by atoms with Crippen molar-refractivity contribution < 1.29 is 14.3 Å². The highest BCUT2D eigenvalue weighted by Crippen LogP contribution is 2.33. The standard InChI is InChI=1S/C16H18O3S/c1-4-9-19-13-7-5-12(6-8-13)14-11(2)10-20-15(14)16(17)18-3/h5-8,10H,4,9H2,1-3H3. The molecule has 2 aromatic rings. The van der Waals surface area contributed by atoms with Gasteiger partial charge in [0, 0.05) is 5.56 Å². The number of benzene rings is 1. The minimum absolute atomic E-state index is 0.288. The number of hydrogen-bond acceptors (Lipinski definition) is 4. The molecule has 0 fully saturated rings. The molecule has 0 saturated heterocycles. The van der Waals surface area contributed by atoms with Crippen LogP contribution in [0.25, 0.3) is 11.1 Å². The van der Waals surface area contributed by atoms with Crippen LogP contribution in [0.4, 0.5) is 0 Å². The Morgan fingerprint density at radius 1 is 1.25 bits per heavy atom. The van der Waals surface area contributed by atoms with E-state index in [1.807, 2.05) is 36.6 Å². The highest BCUT2D eigenvalue weighted by molar-refractivity contribution is 7.12. The average molecular weight is 290 g/mol. The topological polar surface area (TPSA) is 35.5 Å². The molecular weight excluding hydrogens is 272 g/mol. The maximum Gasteiger partial charge on any atom is 0.348 e. The summed E-state index contributed by atoms with van der Waals surface area (Å²) in [4.78, 5) is 12.4. The lowest BCUT2D eigenvalue weighted by Crippen LogP contribution is -2.00. The van der Waals surface area contributed by atoms with Crippen molar-refractivity contribution in [2.24, 2.45) is 0 Å². The van der Waals surface area contributed by atoms with Gasteiger partial charge in [0.2, 0.25) is 0 Å². The monoisotopic (exact) mass is 290 g/mol. The van der Waals surface area contributed by atoms with Crippen LogP contribution in [0.1, 0.15) is 28.6 Å². The van der Waals surface area contributed by atoms with E-state index in [1.54, 1.807) is 0 Å². The molecule has 0 saturated carbocycles. The summed E-state index contributed by atoms with van der Waals surface area (Å²) < 4.78 is 10.4. The fraction of sp³-hybridized carbons (Fsp3) is 0.312. The first-order chi connectivity index (χ1) is 9.67. The maximum atomic E-state index is 11.8. The Labute approximate surface area is 123 Å². The van der Waals surface area contributed by atoms with E-state index in [0.717, 1.165) is 28.9 Å². The summed E-state index contributed by atoms with van der Waals surface area (Å²) in [6, 6.07) is 7.82. The second-order valence-electron chi connectivity index (χ2n) is 4.49. The van der Waals surface area contributed by atoms with Crippen molar-refractivity contribution >= 4 is 17.3 Å². The van der Waals surface area contributed by atoms with Crippen LogP contribution in [0, 0.1) is 6.92 Å². The third-order valence-electron chi connectivity index (χ3n) is 2.96. The zero-order chi connectivity index (χ0) is 14.5. The molecule has 1 aromatic heterocycles. The molecule has 2 rings (SSSR count). The van der Waals surface area contributed by atoms with Crippen molar-refractivity contribution in [3.8, 4) is 16.9 Å². The molecular formula is C16H18O3S. The average Bonchev–Trinajstić information content (AvgIpc) is 2.86. The van der Waals surface area contributed by atoms with Crippen molar-refractivity contribution in [1.29, 1.82) is 0 Å². The second-order valence-corrected chi connectivity index (χ2v) is 5.37. The fourth-order valence-corrected chi connectivity index (χ4v) is 2.97. The van der Waals surface area contributed by atoms with Crippen molar-refractivity contribution in [2.75, 3.05) is 13.7 Å². The number of esters is 1. The summed E-state index contributed by atoms with van der Waals surface area (Å²) in [5.74, 6) is 0.563. The molecule has 20 heavy (non-hydrogen) atoms. The van der Waals surface area contributed by atoms with Gasteiger partial charge in [0.05, 0.1) is 13.7 Å². The smallest absolute Gasteiger partial charge is 0.348 e. The summed E-state index contributed by atoms with van der Waals surface area (Å²) in [7, 11) is 1.41. The van der Waals surface area contributed by atoms with Crippen molar-refractivity contribution in [3.63, 3.8) is 0 Å². The lowest BCUT2D eigenvalue weighted by molar-refractivity contribution is 0.0607. The van der Waals surface area contributed by atoms with E-state index in [0.29, 0.717) is 11.5 Å². The lowest BCUT2D eigenvalue weighted by Gasteiger charge is -2.07. The van der Waals surface area contributed by atoms with E-state index in [9.17, 15) is 4.79 Å². The molecule has 0 aliphatic heterocycles. The van der Waals surface area contributed by atoms with Crippen LogP contribution in [0.3, 0.4) is 0 Å². The lowest BCUT2D eigenvalue weighted by atomic mass is 10.0.